The number of carbonyl (C=O) groups is 1. The highest BCUT2D eigenvalue weighted by Crippen LogP contribution is 2.44. The van der Waals surface area contributed by atoms with Crippen LogP contribution >= 0.6 is 0 Å². The van der Waals surface area contributed by atoms with E-state index in [0.717, 1.165) is 6.42 Å². The average Bonchev–Trinajstić information content (AvgIpc) is 2.91. The second-order valence-electron chi connectivity index (χ2n) is 4.47. The van der Waals surface area contributed by atoms with Crippen molar-refractivity contribution in [3.63, 3.8) is 0 Å². The highest BCUT2D eigenvalue weighted by molar-refractivity contribution is 5.96. The lowest BCUT2D eigenvalue weighted by Gasteiger charge is -2.15. The van der Waals surface area contributed by atoms with Gasteiger partial charge in [-0.15, -0.1) is 0 Å². The minimum Gasteiger partial charge on any atom is -0.292 e. The average molecular weight is 199 g/mol. The fourth-order valence-electron chi connectivity index (χ4n) is 2.78. The lowest BCUT2D eigenvalue weighted by atomic mass is 9.88. The van der Waals surface area contributed by atoms with Crippen LogP contribution in [-0.4, -0.2) is 10.8 Å². The van der Waals surface area contributed by atoms with Crippen molar-refractivity contribution in [2.45, 2.75) is 12.8 Å². The highest BCUT2D eigenvalue weighted by atomic mass is 16.1. The number of hydrogen-bond acceptors (Lipinski definition) is 2. The molecule has 0 aliphatic heterocycles. The molecule has 2 bridgehead atoms. The number of pyridine rings is 1. The normalized spacial score (nSPS) is 32.1. The molecule has 0 N–H and O–H groups in total. The van der Waals surface area contributed by atoms with Gasteiger partial charge < -0.3 is 0 Å². The first kappa shape index (κ1) is 8.84. The molecule has 0 saturated heterocycles. The van der Waals surface area contributed by atoms with E-state index in [4.69, 9.17) is 0 Å². The van der Waals surface area contributed by atoms with E-state index in [2.05, 4.69) is 17.1 Å². The van der Waals surface area contributed by atoms with Gasteiger partial charge in [0.2, 0.25) is 0 Å². The summed E-state index contributed by atoms with van der Waals surface area (Å²) in [6.07, 6.45) is 8.35. The molecule has 2 aliphatic carbocycles. The van der Waals surface area contributed by atoms with Gasteiger partial charge in [-0.1, -0.05) is 18.2 Å². The zero-order valence-electron chi connectivity index (χ0n) is 8.47. The Labute approximate surface area is 89.0 Å². The predicted molar refractivity (Wildman–Crippen MR) is 57.4 cm³/mol. The fourth-order valence-corrected chi connectivity index (χ4v) is 2.78. The van der Waals surface area contributed by atoms with Gasteiger partial charge in [-0.2, -0.15) is 0 Å². The van der Waals surface area contributed by atoms with Gasteiger partial charge in [-0.25, -0.2) is 0 Å². The van der Waals surface area contributed by atoms with Crippen molar-refractivity contribution in [1.82, 2.24) is 4.98 Å². The Morgan fingerprint density at radius 1 is 1.27 bits per heavy atom. The van der Waals surface area contributed by atoms with E-state index in [1.807, 2.05) is 18.2 Å². The number of hydrogen-bond donors (Lipinski definition) is 0. The van der Waals surface area contributed by atoms with Crippen LogP contribution in [0, 0.1) is 17.8 Å². The van der Waals surface area contributed by atoms with E-state index in [1.165, 1.54) is 6.42 Å². The summed E-state index contributed by atoms with van der Waals surface area (Å²) in [6.45, 7) is 0. The van der Waals surface area contributed by atoms with Crippen molar-refractivity contribution in [3.8, 4) is 0 Å². The van der Waals surface area contributed by atoms with E-state index in [0.29, 0.717) is 17.5 Å². The van der Waals surface area contributed by atoms with Gasteiger partial charge in [-0.3, -0.25) is 9.78 Å². The molecule has 1 aromatic heterocycles. The molecule has 2 nitrogen and oxygen atoms in total. The number of carbonyl (C=O) groups excluding carboxylic acids is 1. The van der Waals surface area contributed by atoms with Crippen LogP contribution in [0.1, 0.15) is 23.3 Å². The largest absolute Gasteiger partial charge is 0.292 e. The summed E-state index contributed by atoms with van der Waals surface area (Å²) in [5.41, 5.74) is 0.628. The Bertz CT molecular complexity index is 410. The second-order valence-corrected chi connectivity index (χ2v) is 4.47. The standard InChI is InChI=1S/C13H13NO/c15-13(12-3-1-2-6-14-12)11-8-9-4-5-10(11)7-9/h1-6,9-11H,7-8H2. The van der Waals surface area contributed by atoms with Crippen molar-refractivity contribution in [3.05, 3.63) is 42.2 Å². The van der Waals surface area contributed by atoms with Crippen LogP contribution in [0.5, 0.6) is 0 Å². The molecule has 0 aromatic carbocycles. The molecule has 2 heteroatoms. The molecule has 1 fully saturated rings. The molecule has 3 rings (SSSR count). The Morgan fingerprint density at radius 2 is 2.20 bits per heavy atom. The van der Waals surface area contributed by atoms with Crippen molar-refractivity contribution >= 4 is 5.78 Å². The van der Waals surface area contributed by atoms with Crippen molar-refractivity contribution < 1.29 is 4.79 Å². The molecule has 15 heavy (non-hydrogen) atoms. The second kappa shape index (κ2) is 3.30. The number of rotatable bonds is 2. The Kier molecular flexibility index (Phi) is 1.94. The van der Waals surface area contributed by atoms with Crippen LogP contribution in [0.2, 0.25) is 0 Å². The number of aromatic nitrogens is 1. The third-order valence-corrected chi connectivity index (χ3v) is 3.53. The fraction of sp³-hybridized carbons (Fsp3) is 0.385. The molecule has 76 valence electrons. The molecule has 1 heterocycles. The zero-order chi connectivity index (χ0) is 10.3. The van der Waals surface area contributed by atoms with Crippen LogP contribution in [0.3, 0.4) is 0 Å². The van der Waals surface area contributed by atoms with E-state index >= 15 is 0 Å². The van der Waals surface area contributed by atoms with E-state index in [1.54, 1.807) is 6.20 Å². The maximum atomic E-state index is 12.1. The number of fused-ring (bicyclic) bond motifs is 2. The summed E-state index contributed by atoms with van der Waals surface area (Å²) in [7, 11) is 0. The lowest BCUT2D eigenvalue weighted by Crippen LogP contribution is -2.19. The van der Waals surface area contributed by atoms with Gasteiger partial charge in [0, 0.05) is 12.1 Å². The number of ketones is 1. The van der Waals surface area contributed by atoms with Crippen molar-refractivity contribution in [1.29, 1.82) is 0 Å². The molecule has 0 amide bonds. The minimum atomic E-state index is 0.190. The van der Waals surface area contributed by atoms with Crippen LogP contribution in [-0.2, 0) is 0 Å². The van der Waals surface area contributed by atoms with Gasteiger partial charge in [0.25, 0.3) is 0 Å². The molecule has 1 saturated carbocycles. The molecular weight excluding hydrogens is 186 g/mol. The topological polar surface area (TPSA) is 30.0 Å². The summed E-state index contributed by atoms with van der Waals surface area (Å²) in [5, 5.41) is 0. The summed E-state index contributed by atoms with van der Waals surface area (Å²) in [5.74, 6) is 1.54. The van der Waals surface area contributed by atoms with Gasteiger partial charge in [0.05, 0.1) is 0 Å². The molecular formula is C13H13NO. The third-order valence-electron chi connectivity index (χ3n) is 3.53. The van der Waals surface area contributed by atoms with Gasteiger partial charge in [0.1, 0.15) is 5.69 Å². The van der Waals surface area contributed by atoms with Crippen molar-refractivity contribution in [2.24, 2.45) is 17.8 Å². The maximum Gasteiger partial charge on any atom is 0.184 e. The number of Topliss-reactive ketones (excluding diaryl/α,β-unsaturated/α-hetero) is 1. The maximum absolute atomic E-state index is 12.1. The lowest BCUT2D eigenvalue weighted by molar-refractivity contribution is 0.0896. The first-order valence-corrected chi connectivity index (χ1v) is 5.48. The van der Waals surface area contributed by atoms with Crippen LogP contribution in [0.25, 0.3) is 0 Å². The van der Waals surface area contributed by atoms with Gasteiger partial charge in [0.15, 0.2) is 5.78 Å². The molecule has 0 spiro atoms. The smallest absolute Gasteiger partial charge is 0.184 e. The molecule has 2 aliphatic rings. The van der Waals surface area contributed by atoms with E-state index in [9.17, 15) is 4.79 Å². The Balaban J connectivity index is 1.85. The predicted octanol–water partition coefficient (Wildman–Crippen LogP) is 2.48. The first-order valence-electron chi connectivity index (χ1n) is 5.48. The third kappa shape index (κ3) is 1.41. The SMILES string of the molecule is O=C(c1ccccn1)C1CC2C=CC1C2. The highest BCUT2D eigenvalue weighted by Gasteiger charge is 2.40. The summed E-state index contributed by atoms with van der Waals surface area (Å²) >= 11 is 0. The van der Waals surface area contributed by atoms with E-state index < -0.39 is 0 Å². The Morgan fingerprint density at radius 3 is 2.80 bits per heavy atom. The van der Waals surface area contributed by atoms with Gasteiger partial charge in [-0.05, 0) is 36.8 Å². The summed E-state index contributed by atoms with van der Waals surface area (Å²) in [4.78, 5) is 16.3. The quantitative estimate of drug-likeness (QED) is 0.541. The molecule has 0 radical (unpaired) electrons. The van der Waals surface area contributed by atoms with Crippen LogP contribution in [0.15, 0.2) is 36.5 Å². The summed E-state index contributed by atoms with van der Waals surface area (Å²) < 4.78 is 0. The van der Waals surface area contributed by atoms with Crippen molar-refractivity contribution in [2.75, 3.05) is 0 Å². The van der Waals surface area contributed by atoms with Gasteiger partial charge >= 0.3 is 0 Å². The first-order chi connectivity index (χ1) is 7.34. The Hall–Kier alpha value is -1.44. The zero-order valence-corrected chi connectivity index (χ0v) is 8.47. The number of nitrogens with zero attached hydrogens (tertiary/aromatic N) is 1. The monoisotopic (exact) mass is 199 g/mol. The minimum absolute atomic E-state index is 0.190. The molecule has 3 unspecified atom stereocenters. The molecule has 3 atom stereocenters. The number of allylic oxidation sites excluding steroid dienone is 2. The molecule has 1 aromatic rings. The van der Waals surface area contributed by atoms with Crippen LogP contribution < -0.4 is 0 Å². The van der Waals surface area contributed by atoms with Crippen LogP contribution in [0.4, 0.5) is 0 Å². The summed E-state index contributed by atoms with van der Waals surface area (Å²) in [6, 6.07) is 5.54. The van der Waals surface area contributed by atoms with E-state index in [-0.39, 0.29) is 11.7 Å².